The predicted molar refractivity (Wildman–Crippen MR) is 96.3 cm³/mol. The second-order valence-electron chi connectivity index (χ2n) is 5.99. The van der Waals surface area contributed by atoms with Crippen molar-refractivity contribution >= 4 is 29.9 Å². The number of rotatable bonds is 1. The van der Waals surface area contributed by atoms with Gasteiger partial charge >= 0.3 is 0 Å². The van der Waals surface area contributed by atoms with Crippen LogP contribution in [0.3, 0.4) is 0 Å². The third-order valence-electron chi connectivity index (χ3n) is 4.25. The van der Waals surface area contributed by atoms with E-state index in [1.54, 1.807) is 0 Å². The molecule has 4 nitrogen and oxygen atoms in total. The van der Waals surface area contributed by atoms with E-state index in [0.717, 1.165) is 24.4 Å². The van der Waals surface area contributed by atoms with E-state index in [1.165, 1.54) is 12.8 Å². The van der Waals surface area contributed by atoms with Crippen molar-refractivity contribution in [2.24, 2.45) is 16.6 Å². The Morgan fingerprint density at radius 1 is 1.33 bits per heavy atom. The highest BCUT2D eigenvalue weighted by atomic mass is 127. The van der Waals surface area contributed by atoms with Gasteiger partial charge in [-0.2, -0.15) is 0 Å². The van der Waals surface area contributed by atoms with Crippen LogP contribution in [0.1, 0.15) is 38.3 Å². The number of halogens is 1. The molecule has 2 heterocycles. The highest BCUT2D eigenvalue weighted by Gasteiger charge is 2.31. The Hall–Kier alpha value is -0.980. The van der Waals surface area contributed by atoms with Gasteiger partial charge in [0.2, 0.25) is 0 Å². The number of hydrogen-bond donors (Lipinski definition) is 1. The van der Waals surface area contributed by atoms with Crippen molar-refractivity contribution in [3.63, 3.8) is 0 Å². The molecule has 5 heteroatoms. The van der Waals surface area contributed by atoms with Crippen LogP contribution < -0.4 is 10.5 Å². The third-order valence-corrected chi connectivity index (χ3v) is 4.25. The zero-order valence-corrected chi connectivity index (χ0v) is 15.0. The Morgan fingerprint density at radius 3 is 2.86 bits per heavy atom. The lowest BCUT2D eigenvalue weighted by molar-refractivity contribution is 0.225. The van der Waals surface area contributed by atoms with Gasteiger partial charge in [-0.05, 0) is 31.7 Å². The van der Waals surface area contributed by atoms with E-state index in [1.807, 2.05) is 18.2 Å². The molecule has 1 saturated heterocycles. The summed E-state index contributed by atoms with van der Waals surface area (Å²) in [6, 6.07) is 8.12. The maximum Gasteiger partial charge on any atom is 0.192 e. The van der Waals surface area contributed by atoms with E-state index < -0.39 is 0 Å². The highest BCUT2D eigenvalue weighted by molar-refractivity contribution is 14.0. The van der Waals surface area contributed by atoms with Crippen LogP contribution in [0.15, 0.2) is 29.3 Å². The van der Waals surface area contributed by atoms with Gasteiger partial charge in [0, 0.05) is 18.7 Å². The van der Waals surface area contributed by atoms with Crippen LogP contribution in [-0.4, -0.2) is 30.1 Å². The Kier molecular flexibility index (Phi) is 5.35. The fraction of sp³-hybridized carbons (Fsp3) is 0.562. The summed E-state index contributed by atoms with van der Waals surface area (Å²) in [4.78, 5) is 6.96. The number of para-hydroxylation sites is 1. The summed E-state index contributed by atoms with van der Waals surface area (Å²) in [6.45, 7) is 6.36. The summed E-state index contributed by atoms with van der Waals surface area (Å²) in [5.74, 6) is 2.30. The molecule has 2 aliphatic heterocycles. The second-order valence-corrected chi connectivity index (χ2v) is 5.99. The lowest BCUT2D eigenvalue weighted by Crippen LogP contribution is -2.44. The number of nitrogens with two attached hydrogens (primary N) is 1. The van der Waals surface area contributed by atoms with Crippen LogP contribution in [0.5, 0.6) is 5.75 Å². The SMILES string of the molecule is CC1CCCN(C(N)=NC2c3ccccc3OC2C)C1.I. The molecule has 2 aliphatic rings. The Morgan fingerprint density at radius 2 is 2.10 bits per heavy atom. The predicted octanol–water partition coefficient (Wildman–Crippen LogP) is 3.17. The number of guanidine groups is 1. The molecule has 1 fully saturated rings. The molecular weight excluding hydrogens is 377 g/mol. The molecule has 0 aliphatic carbocycles. The summed E-state index contributed by atoms with van der Waals surface area (Å²) < 4.78 is 5.85. The third kappa shape index (κ3) is 3.44. The Labute approximate surface area is 143 Å². The monoisotopic (exact) mass is 401 g/mol. The smallest absolute Gasteiger partial charge is 0.192 e. The quantitative estimate of drug-likeness (QED) is 0.447. The summed E-state index contributed by atoms with van der Waals surface area (Å²) in [5.41, 5.74) is 7.38. The van der Waals surface area contributed by atoms with Gasteiger partial charge in [0.15, 0.2) is 5.96 Å². The first kappa shape index (κ1) is 16.4. The lowest BCUT2D eigenvalue weighted by Gasteiger charge is -2.32. The molecule has 0 bridgehead atoms. The minimum absolute atomic E-state index is 0. The number of piperidine rings is 1. The summed E-state index contributed by atoms with van der Waals surface area (Å²) in [6.07, 6.45) is 2.54. The fourth-order valence-electron chi connectivity index (χ4n) is 3.15. The molecule has 1 aromatic rings. The van der Waals surface area contributed by atoms with Gasteiger partial charge in [-0.3, -0.25) is 0 Å². The first-order chi connectivity index (χ1) is 9.65. The second kappa shape index (κ2) is 6.85. The first-order valence-electron chi connectivity index (χ1n) is 7.49. The van der Waals surface area contributed by atoms with Crippen LogP contribution >= 0.6 is 24.0 Å². The van der Waals surface area contributed by atoms with Gasteiger partial charge in [-0.25, -0.2) is 4.99 Å². The molecule has 3 rings (SSSR count). The zero-order chi connectivity index (χ0) is 14.1. The molecular formula is C16H24IN3O. The van der Waals surface area contributed by atoms with Crippen molar-refractivity contribution < 1.29 is 4.74 Å². The van der Waals surface area contributed by atoms with E-state index in [0.29, 0.717) is 11.9 Å². The van der Waals surface area contributed by atoms with Crippen LogP contribution in [-0.2, 0) is 0 Å². The molecule has 21 heavy (non-hydrogen) atoms. The largest absolute Gasteiger partial charge is 0.488 e. The van der Waals surface area contributed by atoms with Crippen molar-refractivity contribution in [2.45, 2.75) is 38.8 Å². The van der Waals surface area contributed by atoms with Gasteiger partial charge < -0.3 is 15.4 Å². The molecule has 0 radical (unpaired) electrons. The number of nitrogens with zero attached hydrogens (tertiary/aromatic N) is 2. The van der Waals surface area contributed by atoms with E-state index in [4.69, 9.17) is 15.5 Å². The highest BCUT2D eigenvalue weighted by Crippen LogP contribution is 2.38. The molecule has 0 saturated carbocycles. The van der Waals surface area contributed by atoms with Crippen LogP contribution in [0.4, 0.5) is 0 Å². The number of benzene rings is 1. The van der Waals surface area contributed by atoms with Gasteiger partial charge in [-0.1, -0.05) is 25.1 Å². The topological polar surface area (TPSA) is 50.8 Å². The minimum Gasteiger partial charge on any atom is -0.488 e. The van der Waals surface area contributed by atoms with Gasteiger partial charge in [0.05, 0.1) is 0 Å². The fourth-order valence-corrected chi connectivity index (χ4v) is 3.15. The van der Waals surface area contributed by atoms with Gasteiger partial charge in [0.1, 0.15) is 17.9 Å². The Balaban J connectivity index is 0.00000161. The van der Waals surface area contributed by atoms with Crippen molar-refractivity contribution in [1.29, 1.82) is 0 Å². The minimum atomic E-state index is 0. The molecule has 2 N–H and O–H groups in total. The lowest BCUT2D eigenvalue weighted by atomic mass is 10.0. The number of hydrogen-bond acceptors (Lipinski definition) is 2. The normalized spacial score (nSPS) is 28.6. The molecule has 3 unspecified atom stereocenters. The standard InChI is InChI=1S/C16H23N3O.HI/c1-11-6-5-9-19(10-11)16(17)18-15-12(2)20-14-8-4-3-7-13(14)15;/h3-4,7-8,11-12,15H,5-6,9-10H2,1-2H3,(H2,17,18);1H. The van der Waals surface area contributed by atoms with E-state index in [-0.39, 0.29) is 36.1 Å². The maximum absolute atomic E-state index is 6.23. The average molecular weight is 401 g/mol. The molecule has 1 aromatic carbocycles. The van der Waals surface area contributed by atoms with Gasteiger partial charge in [-0.15, -0.1) is 24.0 Å². The van der Waals surface area contributed by atoms with E-state index >= 15 is 0 Å². The maximum atomic E-state index is 6.23. The van der Waals surface area contributed by atoms with Gasteiger partial charge in [0.25, 0.3) is 0 Å². The van der Waals surface area contributed by atoms with E-state index in [2.05, 4.69) is 24.8 Å². The number of ether oxygens (including phenoxy) is 1. The number of fused-ring (bicyclic) bond motifs is 1. The van der Waals surface area contributed by atoms with Crippen LogP contribution in [0, 0.1) is 5.92 Å². The van der Waals surface area contributed by atoms with Crippen molar-refractivity contribution in [3.8, 4) is 5.75 Å². The molecule has 0 spiro atoms. The molecule has 0 aromatic heterocycles. The number of likely N-dealkylation sites (tertiary alicyclic amines) is 1. The molecule has 0 amide bonds. The van der Waals surface area contributed by atoms with Crippen molar-refractivity contribution in [3.05, 3.63) is 29.8 Å². The summed E-state index contributed by atoms with van der Waals surface area (Å²) in [7, 11) is 0. The van der Waals surface area contributed by atoms with Crippen LogP contribution in [0.25, 0.3) is 0 Å². The summed E-state index contributed by atoms with van der Waals surface area (Å²) >= 11 is 0. The Bertz CT molecular complexity index is 520. The first-order valence-corrected chi connectivity index (χ1v) is 7.49. The molecule has 116 valence electrons. The van der Waals surface area contributed by atoms with E-state index in [9.17, 15) is 0 Å². The average Bonchev–Trinajstić information content (AvgIpc) is 2.75. The van der Waals surface area contributed by atoms with Crippen molar-refractivity contribution in [1.82, 2.24) is 4.90 Å². The molecule has 3 atom stereocenters. The van der Waals surface area contributed by atoms with Crippen molar-refractivity contribution in [2.75, 3.05) is 13.1 Å². The van der Waals surface area contributed by atoms with Crippen LogP contribution in [0.2, 0.25) is 0 Å². The number of aliphatic imine (C=N–C) groups is 1. The summed E-state index contributed by atoms with van der Waals surface area (Å²) in [5, 5.41) is 0. The zero-order valence-electron chi connectivity index (χ0n) is 12.7.